The maximum absolute atomic E-state index is 15.2. The molecule has 4 aromatic rings. The summed E-state index contributed by atoms with van der Waals surface area (Å²) in [4.78, 5) is 33.4. The Bertz CT molecular complexity index is 1730. The van der Waals surface area contributed by atoms with Gasteiger partial charge in [-0.25, -0.2) is 9.37 Å². The largest absolute Gasteiger partial charge is 0.386 e. The van der Waals surface area contributed by atoms with E-state index in [-0.39, 0.29) is 23.5 Å². The van der Waals surface area contributed by atoms with E-state index in [1.165, 1.54) is 21.6 Å². The second-order valence-corrected chi connectivity index (χ2v) is 10.7. The van der Waals surface area contributed by atoms with Crippen molar-refractivity contribution in [2.24, 2.45) is 7.05 Å². The first kappa shape index (κ1) is 28.2. The maximum atomic E-state index is 15.2. The Morgan fingerprint density at radius 2 is 1.93 bits per heavy atom. The Labute approximate surface area is 237 Å². The predicted molar refractivity (Wildman–Crippen MR) is 158 cm³/mol. The lowest BCUT2D eigenvalue weighted by molar-refractivity contribution is 0.0827. The number of rotatable bonds is 6. The summed E-state index contributed by atoms with van der Waals surface area (Å²) in [5.41, 5.74) is 4.21. The minimum absolute atomic E-state index is 0.00833. The number of nitrogens with zero attached hydrogens (tertiary/aromatic N) is 5. The minimum atomic E-state index is -0.842. The van der Waals surface area contributed by atoms with Gasteiger partial charge in [0, 0.05) is 81.9 Å². The molecule has 1 atom stereocenters. The molecule has 10 heteroatoms. The van der Waals surface area contributed by atoms with Crippen molar-refractivity contribution in [3.63, 3.8) is 0 Å². The van der Waals surface area contributed by atoms with Gasteiger partial charge in [0.05, 0.1) is 11.4 Å². The number of fused-ring (bicyclic) bond motifs is 1. The van der Waals surface area contributed by atoms with E-state index in [2.05, 4.69) is 28.2 Å². The Kier molecular flexibility index (Phi) is 7.52. The lowest BCUT2D eigenvalue weighted by Crippen LogP contribution is -2.32. The third kappa shape index (κ3) is 4.93. The van der Waals surface area contributed by atoms with Crippen LogP contribution in [0.1, 0.15) is 46.6 Å². The number of anilines is 1. The van der Waals surface area contributed by atoms with Crippen LogP contribution in [0, 0.1) is 18.6 Å². The molecule has 0 saturated heterocycles. The third-order valence-electron chi connectivity index (χ3n) is 7.98. The fourth-order valence-electron chi connectivity index (χ4n) is 5.71. The maximum Gasteiger partial charge on any atom is 0.293 e. The van der Waals surface area contributed by atoms with E-state index < -0.39 is 11.4 Å². The first-order valence-electron chi connectivity index (χ1n) is 13.5. The number of nitrogens with one attached hydrogen (secondary N) is 1. The Balaban J connectivity index is 1.44. The second kappa shape index (κ2) is 10.9. The Morgan fingerprint density at radius 1 is 1.17 bits per heavy atom. The number of hydrogen-bond donors (Lipinski definition) is 1. The zero-order valence-corrected chi connectivity index (χ0v) is 24.1. The molecule has 5 rings (SSSR count). The molecule has 1 aliphatic heterocycles. The number of carbonyl (C=O) groups is 1. The Hall–Kier alpha value is -4.31. The van der Waals surface area contributed by atoms with Crippen molar-refractivity contribution in [1.29, 1.82) is 0 Å². The Morgan fingerprint density at radius 3 is 2.56 bits per heavy atom. The molecule has 214 valence electrons. The van der Waals surface area contributed by atoms with Crippen molar-refractivity contribution in [3.8, 4) is 5.69 Å². The molecule has 1 N–H and O–H groups in total. The summed E-state index contributed by atoms with van der Waals surface area (Å²) in [5.74, 6) is -1.45. The van der Waals surface area contributed by atoms with Gasteiger partial charge < -0.3 is 14.8 Å². The molecule has 0 fully saturated rings. The van der Waals surface area contributed by atoms with Crippen LogP contribution >= 0.6 is 0 Å². The highest BCUT2D eigenvalue weighted by Crippen LogP contribution is 2.34. The smallest absolute Gasteiger partial charge is 0.293 e. The molecule has 4 heterocycles. The lowest BCUT2D eigenvalue weighted by atomic mass is 9.92. The summed E-state index contributed by atoms with van der Waals surface area (Å²) < 4.78 is 33.1. The first-order chi connectivity index (χ1) is 19.5. The molecule has 0 radical (unpaired) electrons. The molecule has 0 bridgehead atoms. The molecule has 0 saturated carbocycles. The number of hydrogen-bond acceptors (Lipinski definition) is 5. The number of aryl methyl sites for hydroxylation is 2. The van der Waals surface area contributed by atoms with Gasteiger partial charge in [-0.1, -0.05) is 6.08 Å². The zero-order chi connectivity index (χ0) is 29.6. The van der Waals surface area contributed by atoms with Crippen LogP contribution in [-0.2, 0) is 7.05 Å². The van der Waals surface area contributed by atoms with E-state index >= 15 is 4.39 Å². The van der Waals surface area contributed by atoms with E-state index in [4.69, 9.17) is 0 Å². The van der Waals surface area contributed by atoms with Crippen LogP contribution in [0.25, 0.3) is 22.3 Å². The number of aromatic nitrogens is 3. The quantitative estimate of drug-likeness (QED) is 0.363. The van der Waals surface area contributed by atoms with Gasteiger partial charge in [-0.15, -0.1) is 0 Å². The summed E-state index contributed by atoms with van der Waals surface area (Å²) in [6.45, 7) is 5.27. The standard InChI is InChI=1S/C31H34F2N6O2/c1-18-15-21(30(40)36(4)5)16-23(32)27(18)20-8-12-38(13-9-20)19(2)26-17-22-25(7-11-35-29(22)37(26)6)39-14-10-24(34-3)28(33)31(39)41/h7-8,10-11,14-17,19,34H,9,12-13H2,1-6H3/t19-/m0/s1. The van der Waals surface area contributed by atoms with Gasteiger partial charge in [-0.2, -0.15) is 4.39 Å². The van der Waals surface area contributed by atoms with Gasteiger partial charge in [0.25, 0.3) is 11.5 Å². The molecule has 1 aliphatic rings. The van der Waals surface area contributed by atoms with Gasteiger partial charge in [0.1, 0.15) is 11.5 Å². The number of carbonyl (C=O) groups excluding carboxylic acids is 1. The summed E-state index contributed by atoms with van der Waals surface area (Å²) in [5, 5.41) is 3.44. The van der Waals surface area contributed by atoms with Crippen LogP contribution in [0.2, 0.25) is 0 Å². The highest BCUT2D eigenvalue weighted by Gasteiger charge is 2.25. The second-order valence-electron chi connectivity index (χ2n) is 10.7. The first-order valence-corrected chi connectivity index (χ1v) is 13.5. The molecular formula is C31H34F2N6O2. The van der Waals surface area contributed by atoms with Crippen LogP contribution in [0.4, 0.5) is 14.5 Å². The van der Waals surface area contributed by atoms with Crippen molar-refractivity contribution in [3.05, 3.63) is 93.2 Å². The molecule has 8 nitrogen and oxygen atoms in total. The van der Waals surface area contributed by atoms with E-state index in [9.17, 15) is 14.0 Å². The average molecular weight is 561 g/mol. The van der Waals surface area contributed by atoms with Crippen LogP contribution in [0.5, 0.6) is 0 Å². The number of amides is 1. The summed E-state index contributed by atoms with van der Waals surface area (Å²) >= 11 is 0. The third-order valence-corrected chi connectivity index (χ3v) is 7.98. The van der Waals surface area contributed by atoms with Crippen LogP contribution in [0.3, 0.4) is 0 Å². The van der Waals surface area contributed by atoms with E-state index in [1.54, 1.807) is 45.7 Å². The van der Waals surface area contributed by atoms with Gasteiger partial charge in [-0.3, -0.25) is 19.1 Å². The predicted octanol–water partition coefficient (Wildman–Crippen LogP) is 4.90. The molecule has 1 amide bonds. The van der Waals surface area contributed by atoms with Gasteiger partial charge in [-0.05, 0) is 61.7 Å². The highest BCUT2D eigenvalue weighted by molar-refractivity contribution is 5.94. The van der Waals surface area contributed by atoms with Crippen LogP contribution < -0.4 is 10.9 Å². The topological polar surface area (TPSA) is 75.4 Å². The summed E-state index contributed by atoms with van der Waals surface area (Å²) in [6, 6.07) is 8.31. The minimum Gasteiger partial charge on any atom is -0.386 e. The van der Waals surface area contributed by atoms with Crippen molar-refractivity contribution < 1.29 is 13.6 Å². The fourth-order valence-corrected chi connectivity index (χ4v) is 5.71. The van der Waals surface area contributed by atoms with Crippen molar-refractivity contribution in [1.82, 2.24) is 23.9 Å². The number of pyridine rings is 2. The van der Waals surface area contributed by atoms with Crippen LogP contribution in [-0.4, -0.2) is 64.1 Å². The monoisotopic (exact) mass is 560 g/mol. The number of halogens is 2. The van der Waals surface area contributed by atoms with Crippen LogP contribution in [0.15, 0.2) is 53.6 Å². The highest BCUT2D eigenvalue weighted by atomic mass is 19.1. The molecule has 0 aliphatic carbocycles. The van der Waals surface area contributed by atoms with Gasteiger partial charge in [0.2, 0.25) is 5.82 Å². The molecule has 3 aromatic heterocycles. The van der Waals surface area contributed by atoms with Crippen molar-refractivity contribution in [2.45, 2.75) is 26.3 Å². The summed E-state index contributed by atoms with van der Waals surface area (Å²) in [6.07, 6.45) is 5.88. The van der Waals surface area contributed by atoms with E-state index in [0.717, 1.165) is 22.2 Å². The average Bonchev–Trinajstić information content (AvgIpc) is 3.30. The van der Waals surface area contributed by atoms with E-state index in [1.807, 2.05) is 24.6 Å². The number of benzene rings is 1. The molecule has 0 unspecified atom stereocenters. The van der Waals surface area contributed by atoms with Crippen molar-refractivity contribution >= 4 is 28.2 Å². The molecule has 1 aromatic carbocycles. The van der Waals surface area contributed by atoms with Crippen molar-refractivity contribution in [2.75, 3.05) is 39.5 Å². The zero-order valence-electron chi connectivity index (χ0n) is 24.1. The van der Waals surface area contributed by atoms with Gasteiger partial charge in [0.15, 0.2) is 0 Å². The molecule has 41 heavy (non-hydrogen) atoms. The fraction of sp³-hybridized carbons (Fsp3) is 0.323. The summed E-state index contributed by atoms with van der Waals surface area (Å²) in [7, 11) is 6.80. The molecular weight excluding hydrogens is 526 g/mol. The molecule has 0 spiro atoms. The van der Waals surface area contributed by atoms with Gasteiger partial charge >= 0.3 is 0 Å². The lowest BCUT2D eigenvalue weighted by Gasteiger charge is -2.32. The normalized spacial score (nSPS) is 14.7. The SMILES string of the molecule is CNc1ccn(-c2ccnc3c2cc([C@H](C)N2CC=C(c4c(C)cc(C(=O)N(C)C)cc4F)CC2)n3C)c(=O)c1F. The van der Waals surface area contributed by atoms with E-state index in [0.29, 0.717) is 42.0 Å².